The number of ether oxygens (including phenoxy) is 3. The van der Waals surface area contributed by atoms with E-state index in [0.717, 1.165) is 61.3 Å². The van der Waals surface area contributed by atoms with Crippen molar-refractivity contribution in [3.05, 3.63) is 83.4 Å². The number of aliphatic hydroxyl groups excluding tert-OH is 2. The van der Waals surface area contributed by atoms with Crippen molar-refractivity contribution in [3.63, 3.8) is 0 Å². The quantitative estimate of drug-likeness (QED) is 0.175. The monoisotopic (exact) mass is 523 g/mol. The van der Waals surface area contributed by atoms with Crippen LogP contribution in [0.25, 0.3) is 11.1 Å². The molecule has 0 heterocycles. The second-order valence-corrected chi connectivity index (χ2v) is 9.23. The van der Waals surface area contributed by atoms with Crippen LogP contribution >= 0.6 is 0 Å². The molecule has 0 spiro atoms. The first-order chi connectivity index (χ1) is 18.6. The van der Waals surface area contributed by atoms with Crippen molar-refractivity contribution in [3.8, 4) is 22.6 Å². The van der Waals surface area contributed by atoms with E-state index in [1.54, 1.807) is 19.2 Å². The van der Waals surface area contributed by atoms with Crippen LogP contribution in [0, 0.1) is 0 Å². The number of rotatable bonds is 18. The van der Waals surface area contributed by atoms with Gasteiger partial charge in [0, 0.05) is 18.7 Å². The third-order valence-electron chi connectivity index (χ3n) is 6.42. The van der Waals surface area contributed by atoms with Gasteiger partial charge in [-0.1, -0.05) is 55.3 Å². The van der Waals surface area contributed by atoms with E-state index in [1.807, 2.05) is 30.3 Å². The van der Waals surface area contributed by atoms with Crippen LogP contribution in [0.5, 0.6) is 11.5 Å². The van der Waals surface area contributed by atoms with Crippen molar-refractivity contribution in [2.24, 2.45) is 0 Å². The zero-order chi connectivity index (χ0) is 27.0. The Morgan fingerprint density at radius 2 is 1.61 bits per heavy atom. The number of aliphatic hydroxyl groups is 2. The van der Waals surface area contributed by atoms with Crippen LogP contribution in [0.3, 0.4) is 0 Å². The summed E-state index contributed by atoms with van der Waals surface area (Å²) in [6.07, 6.45) is 3.54. The Morgan fingerprint density at radius 3 is 2.39 bits per heavy atom. The highest BCUT2D eigenvalue weighted by Gasteiger charge is 2.10. The molecule has 38 heavy (non-hydrogen) atoms. The molecule has 3 rings (SSSR count). The summed E-state index contributed by atoms with van der Waals surface area (Å²) in [5.41, 5.74) is 4.50. The van der Waals surface area contributed by atoms with Crippen molar-refractivity contribution in [2.75, 3.05) is 40.0 Å². The van der Waals surface area contributed by atoms with E-state index in [1.165, 1.54) is 6.07 Å². The molecule has 206 valence electrons. The lowest BCUT2D eigenvalue weighted by atomic mass is 10.00. The molecule has 7 heteroatoms. The number of benzene rings is 3. The van der Waals surface area contributed by atoms with Crippen LogP contribution in [0.15, 0.2) is 66.7 Å². The minimum atomic E-state index is -0.676. The average molecular weight is 524 g/mol. The number of hydrogen-bond donors (Lipinski definition) is 4. The molecule has 0 aliphatic heterocycles. The molecule has 4 N–H and O–H groups in total. The largest absolute Gasteiger partial charge is 0.508 e. The summed E-state index contributed by atoms with van der Waals surface area (Å²) >= 11 is 0. The lowest BCUT2D eigenvalue weighted by Crippen LogP contribution is -2.22. The van der Waals surface area contributed by atoms with Crippen molar-refractivity contribution in [1.82, 2.24) is 5.32 Å². The van der Waals surface area contributed by atoms with Gasteiger partial charge in [-0.2, -0.15) is 0 Å². The molecule has 7 nitrogen and oxygen atoms in total. The maximum absolute atomic E-state index is 10.3. The standard InChI is InChI=1S/C31H41NO6/c1-36-28-12-13-29(24-9-5-4-6-10-24)27(20-28)23-38-18-17-37-16-8-3-2-7-15-32-21-31(35)25-11-14-30(34)26(19-25)22-33/h4-6,9-14,19-20,31-35H,2-3,7-8,15-18,21-23H2,1H3/t31-/m0/s1. The summed E-state index contributed by atoms with van der Waals surface area (Å²) in [5.74, 6) is 0.860. The lowest BCUT2D eigenvalue weighted by molar-refractivity contribution is 0.0393. The predicted molar refractivity (Wildman–Crippen MR) is 149 cm³/mol. The third-order valence-corrected chi connectivity index (χ3v) is 6.42. The first kappa shape index (κ1) is 29.6. The Hall–Kier alpha value is -2.94. The summed E-state index contributed by atoms with van der Waals surface area (Å²) in [6.45, 7) is 3.33. The Morgan fingerprint density at radius 1 is 0.816 bits per heavy atom. The zero-order valence-electron chi connectivity index (χ0n) is 22.3. The van der Waals surface area contributed by atoms with E-state index in [0.29, 0.717) is 37.5 Å². The molecule has 0 saturated carbocycles. The molecule has 0 aromatic heterocycles. The van der Waals surface area contributed by atoms with Gasteiger partial charge >= 0.3 is 0 Å². The van der Waals surface area contributed by atoms with Crippen molar-refractivity contribution in [2.45, 2.75) is 45.0 Å². The van der Waals surface area contributed by atoms with Crippen molar-refractivity contribution >= 4 is 0 Å². The van der Waals surface area contributed by atoms with Gasteiger partial charge in [0.25, 0.3) is 0 Å². The molecule has 0 saturated heterocycles. The van der Waals surface area contributed by atoms with Crippen LogP contribution in [-0.2, 0) is 22.7 Å². The topological polar surface area (TPSA) is 100 Å². The van der Waals surface area contributed by atoms with Crippen LogP contribution in [0.2, 0.25) is 0 Å². The fourth-order valence-corrected chi connectivity index (χ4v) is 4.22. The van der Waals surface area contributed by atoms with Crippen molar-refractivity contribution in [1.29, 1.82) is 0 Å². The number of hydrogen-bond acceptors (Lipinski definition) is 7. The summed E-state index contributed by atoms with van der Waals surface area (Å²) in [4.78, 5) is 0. The highest BCUT2D eigenvalue weighted by atomic mass is 16.5. The van der Waals surface area contributed by atoms with E-state index in [2.05, 4.69) is 23.5 Å². The Kier molecular flexibility index (Phi) is 13.1. The summed E-state index contributed by atoms with van der Waals surface area (Å²) in [5, 5.41) is 32.4. The molecule has 0 bridgehead atoms. The zero-order valence-corrected chi connectivity index (χ0v) is 22.3. The summed E-state index contributed by atoms with van der Waals surface area (Å²) < 4.78 is 17.0. The predicted octanol–water partition coefficient (Wildman–Crippen LogP) is 4.98. The van der Waals surface area contributed by atoms with Gasteiger partial charge in [-0.15, -0.1) is 0 Å². The molecule has 1 atom stereocenters. The van der Waals surface area contributed by atoms with E-state index in [-0.39, 0.29) is 12.4 Å². The van der Waals surface area contributed by atoms with Gasteiger partial charge in [0.1, 0.15) is 11.5 Å². The third kappa shape index (κ3) is 9.74. The Bertz CT molecular complexity index is 1080. The van der Waals surface area contributed by atoms with Gasteiger partial charge < -0.3 is 34.8 Å². The second kappa shape index (κ2) is 16.8. The molecule has 0 aliphatic carbocycles. The van der Waals surface area contributed by atoms with E-state index in [4.69, 9.17) is 14.2 Å². The molecule has 3 aromatic rings. The smallest absolute Gasteiger partial charge is 0.121 e. The second-order valence-electron chi connectivity index (χ2n) is 9.23. The first-order valence-corrected chi connectivity index (χ1v) is 13.3. The SMILES string of the molecule is COc1ccc(-c2ccccc2)c(COCCOCCCCCCNC[C@H](O)c2ccc(O)c(CO)c2)c1. The van der Waals surface area contributed by atoms with Crippen LogP contribution in [0.1, 0.15) is 48.5 Å². The molecular formula is C31H41NO6. The fraction of sp³-hybridized carbons (Fsp3) is 0.419. The lowest BCUT2D eigenvalue weighted by Gasteiger charge is -2.14. The van der Waals surface area contributed by atoms with Crippen LogP contribution in [0.4, 0.5) is 0 Å². The Balaban J connectivity index is 1.21. The molecule has 0 amide bonds. The maximum Gasteiger partial charge on any atom is 0.121 e. The number of aromatic hydroxyl groups is 1. The number of methoxy groups -OCH3 is 1. The first-order valence-electron chi connectivity index (χ1n) is 13.3. The Labute approximate surface area is 226 Å². The van der Waals surface area contributed by atoms with E-state index >= 15 is 0 Å². The highest BCUT2D eigenvalue weighted by molar-refractivity contribution is 5.68. The van der Waals surface area contributed by atoms with Gasteiger partial charge in [0.05, 0.1) is 39.6 Å². The summed E-state index contributed by atoms with van der Waals surface area (Å²) in [6, 6.07) is 21.2. The highest BCUT2D eigenvalue weighted by Crippen LogP contribution is 2.28. The average Bonchev–Trinajstić information content (AvgIpc) is 2.96. The molecule has 0 radical (unpaired) electrons. The normalized spacial score (nSPS) is 12.0. The van der Waals surface area contributed by atoms with E-state index < -0.39 is 6.10 Å². The molecule has 0 fully saturated rings. The van der Waals surface area contributed by atoms with Crippen LogP contribution in [-0.4, -0.2) is 55.3 Å². The van der Waals surface area contributed by atoms with Gasteiger partial charge in [0.2, 0.25) is 0 Å². The summed E-state index contributed by atoms with van der Waals surface area (Å²) in [7, 11) is 1.67. The minimum absolute atomic E-state index is 0.0403. The van der Waals surface area contributed by atoms with E-state index in [9.17, 15) is 15.3 Å². The van der Waals surface area contributed by atoms with Gasteiger partial charge in [-0.25, -0.2) is 0 Å². The number of nitrogens with one attached hydrogen (secondary N) is 1. The molecular weight excluding hydrogens is 482 g/mol. The van der Waals surface area contributed by atoms with Gasteiger partial charge in [-0.05, 0) is 65.9 Å². The van der Waals surface area contributed by atoms with Crippen LogP contribution < -0.4 is 10.1 Å². The molecule has 0 aliphatic rings. The van der Waals surface area contributed by atoms with Crippen molar-refractivity contribution < 1.29 is 29.5 Å². The maximum atomic E-state index is 10.3. The molecule has 0 unspecified atom stereocenters. The van der Waals surface area contributed by atoms with Gasteiger partial charge in [-0.3, -0.25) is 0 Å². The van der Waals surface area contributed by atoms with Gasteiger partial charge in [0.15, 0.2) is 0 Å². The number of unbranched alkanes of at least 4 members (excludes halogenated alkanes) is 3. The number of phenols is 1. The fourth-order valence-electron chi connectivity index (χ4n) is 4.22. The minimum Gasteiger partial charge on any atom is -0.508 e. The molecule has 3 aromatic carbocycles.